The van der Waals surface area contributed by atoms with E-state index in [0.29, 0.717) is 0 Å². The van der Waals surface area contributed by atoms with Crippen LogP contribution < -0.4 is 0 Å². The first-order valence-corrected chi connectivity index (χ1v) is 25.5. The monoisotopic (exact) mass is 940 g/mol. The summed E-state index contributed by atoms with van der Waals surface area (Å²) in [6.07, 6.45) is 0. The van der Waals surface area contributed by atoms with E-state index in [1.165, 1.54) is 122 Å². The maximum Gasteiger partial charge on any atom is 0.0541 e. The third kappa shape index (κ3) is 7.69. The molecule has 0 bridgehead atoms. The second-order valence-corrected chi connectivity index (χ2v) is 19.3. The van der Waals surface area contributed by atoms with Crippen LogP contribution in [0.2, 0.25) is 0 Å². The van der Waals surface area contributed by atoms with Crippen molar-refractivity contribution in [3.05, 3.63) is 291 Å². The molecule has 0 spiro atoms. The third-order valence-corrected chi connectivity index (χ3v) is 15.0. The van der Waals surface area contributed by atoms with E-state index in [1.54, 1.807) is 0 Å². The largest absolute Gasteiger partial charge is 0.309 e. The first-order valence-electron chi connectivity index (χ1n) is 25.5. The van der Waals surface area contributed by atoms with E-state index in [1.807, 2.05) is 0 Å². The third-order valence-electron chi connectivity index (χ3n) is 15.0. The molecule has 14 aromatic rings. The van der Waals surface area contributed by atoms with E-state index in [4.69, 9.17) is 0 Å². The van der Waals surface area contributed by atoms with Gasteiger partial charge in [0.25, 0.3) is 0 Å². The fourth-order valence-corrected chi connectivity index (χ4v) is 11.2. The molecule has 0 saturated heterocycles. The normalized spacial score (nSPS) is 11.5. The minimum atomic E-state index is 1.14. The fourth-order valence-electron chi connectivity index (χ4n) is 11.2. The van der Waals surface area contributed by atoms with Crippen molar-refractivity contribution in [1.82, 2.24) is 9.13 Å². The molecule has 0 aliphatic heterocycles. The van der Waals surface area contributed by atoms with E-state index < -0.39 is 0 Å². The Morgan fingerprint density at radius 2 is 0.432 bits per heavy atom. The molecule has 0 saturated carbocycles. The number of hydrogen-bond donors (Lipinski definition) is 0. The molecule has 0 unspecified atom stereocenters. The van der Waals surface area contributed by atoms with Crippen molar-refractivity contribution in [2.45, 2.75) is 0 Å². The van der Waals surface area contributed by atoms with E-state index in [2.05, 4.69) is 300 Å². The van der Waals surface area contributed by atoms with Gasteiger partial charge < -0.3 is 9.13 Å². The molecule has 14 rings (SSSR count). The highest BCUT2D eigenvalue weighted by atomic mass is 15.0. The zero-order valence-corrected chi connectivity index (χ0v) is 40.6. The van der Waals surface area contributed by atoms with Gasteiger partial charge in [-0.15, -0.1) is 0 Å². The Morgan fingerprint density at radius 1 is 0.149 bits per heavy atom. The Balaban J connectivity index is 0.737. The highest BCUT2D eigenvalue weighted by Gasteiger charge is 2.17. The summed E-state index contributed by atoms with van der Waals surface area (Å²) < 4.78 is 4.82. The van der Waals surface area contributed by atoms with Gasteiger partial charge in [-0.2, -0.15) is 0 Å². The second-order valence-electron chi connectivity index (χ2n) is 19.3. The van der Waals surface area contributed by atoms with Crippen molar-refractivity contribution in [2.75, 3.05) is 0 Å². The molecule has 2 nitrogen and oxygen atoms in total. The van der Waals surface area contributed by atoms with Crippen LogP contribution in [0.1, 0.15) is 0 Å². The number of rotatable bonds is 9. The van der Waals surface area contributed by atoms with Crippen LogP contribution >= 0.6 is 0 Å². The highest BCUT2D eigenvalue weighted by Crippen LogP contribution is 2.40. The predicted molar refractivity (Wildman–Crippen MR) is 313 cm³/mol. The highest BCUT2D eigenvalue weighted by molar-refractivity contribution is 6.13. The van der Waals surface area contributed by atoms with Gasteiger partial charge in [-0.05, 0) is 151 Å². The minimum Gasteiger partial charge on any atom is -0.309 e. The summed E-state index contributed by atoms with van der Waals surface area (Å²) in [6, 6.07) is 106. The lowest BCUT2D eigenvalue weighted by Crippen LogP contribution is -1.94. The first kappa shape index (κ1) is 43.1. The van der Waals surface area contributed by atoms with Gasteiger partial charge in [-0.25, -0.2) is 0 Å². The van der Waals surface area contributed by atoms with Gasteiger partial charge in [-0.3, -0.25) is 0 Å². The molecule has 0 amide bonds. The van der Waals surface area contributed by atoms with Gasteiger partial charge in [0.2, 0.25) is 0 Å². The van der Waals surface area contributed by atoms with Crippen molar-refractivity contribution >= 4 is 43.6 Å². The van der Waals surface area contributed by atoms with Crippen LogP contribution in [-0.2, 0) is 0 Å². The predicted octanol–water partition coefficient (Wildman–Crippen LogP) is 19.5. The molecule has 346 valence electrons. The van der Waals surface area contributed by atoms with E-state index in [-0.39, 0.29) is 0 Å². The van der Waals surface area contributed by atoms with Crippen LogP contribution in [0.15, 0.2) is 291 Å². The molecular formula is C72H48N2. The van der Waals surface area contributed by atoms with Gasteiger partial charge in [0.15, 0.2) is 0 Å². The van der Waals surface area contributed by atoms with Gasteiger partial charge in [0.05, 0.1) is 22.1 Å². The molecule has 0 atom stereocenters. The molecule has 2 heterocycles. The minimum absolute atomic E-state index is 1.14. The van der Waals surface area contributed by atoms with Gasteiger partial charge in [0.1, 0.15) is 0 Å². The molecule has 0 N–H and O–H groups in total. The van der Waals surface area contributed by atoms with Gasteiger partial charge in [-0.1, -0.05) is 218 Å². The van der Waals surface area contributed by atoms with Gasteiger partial charge >= 0.3 is 0 Å². The summed E-state index contributed by atoms with van der Waals surface area (Å²) in [5.74, 6) is 0. The van der Waals surface area contributed by atoms with Crippen molar-refractivity contribution in [3.63, 3.8) is 0 Å². The molecule has 0 fully saturated rings. The van der Waals surface area contributed by atoms with Crippen molar-refractivity contribution in [1.29, 1.82) is 0 Å². The fraction of sp³-hybridized carbons (Fsp3) is 0. The number of aromatic nitrogens is 2. The Kier molecular flexibility index (Phi) is 10.6. The molecule has 74 heavy (non-hydrogen) atoms. The Morgan fingerprint density at radius 3 is 0.905 bits per heavy atom. The van der Waals surface area contributed by atoms with Crippen molar-refractivity contribution in [3.8, 4) is 89.3 Å². The van der Waals surface area contributed by atoms with Crippen molar-refractivity contribution in [2.24, 2.45) is 0 Å². The zero-order chi connectivity index (χ0) is 49.0. The Labute approximate surface area is 431 Å². The van der Waals surface area contributed by atoms with E-state index >= 15 is 0 Å². The summed E-state index contributed by atoms with van der Waals surface area (Å²) in [4.78, 5) is 0. The average molecular weight is 941 g/mol. The lowest BCUT2D eigenvalue weighted by Gasteiger charge is -2.11. The summed E-state index contributed by atoms with van der Waals surface area (Å²) >= 11 is 0. The summed E-state index contributed by atoms with van der Waals surface area (Å²) in [5, 5.41) is 4.97. The SMILES string of the molecule is c1ccc(-c2ccc(-c3cccc(-c4cccc(-c5ccc(-c6ccc(-n7c8ccccc8c8cc(-c9ccc%10c(c9)c9ccccc9n%10-c9cccc(-c%10ccccc%10)c9)ccc87)cc6)cc5)c4)c3)cc2)cc1. The standard InChI is InChI=1S/C72H48N2/c1-3-14-49(15-4-1)51-28-32-54(33-29-51)56-18-11-20-58(44-56)59-21-12-19-57(45-59)55-34-30-52(31-35-55)53-36-40-63(41-37-53)73-69-26-9-7-24-65(69)67-47-61(38-42-71(67)73)62-39-43-72-68(48-62)66-25-8-10-27-70(66)74(72)64-23-13-22-60(46-64)50-16-5-2-6-17-50/h1-48H. The average Bonchev–Trinajstić information content (AvgIpc) is 4.00. The molecule has 0 aliphatic rings. The van der Waals surface area contributed by atoms with Crippen molar-refractivity contribution < 1.29 is 0 Å². The molecule has 2 heteroatoms. The topological polar surface area (TPSA) is 9.86 Å². The first-order chi connectivity index (χ1) is 36.7. The number of benzene rings is 12. The van der Waals surface area contributed by atoms with Crippen LogP contribution in [-0.4, -0.2) is 9.13 Å². The summed E-state index contributed by atoms with van der Waals surface area (Å²) in [5.41, 5.74) is 24.0. The Hall–Kier alpha value is -9.76. The smallest absolute Gasteiger partial charge is 0.0541 e. The number of para-hydroxylation sites is 2. The quantitative estimate of drug-likeness (QED) is 0.136. The van der Waals surface area contributed by atoms with Crippen LogP contribution in [0.4, 0.5) is 0 Å². The second kappa shape index (κ2) is 18.1. The lowest BCUT2D eigenvalue weighted by molar-refractivity contribution is 1.18. The lowest BCUT2D eigenvalue weighted by atomic mass is 9.95. The maximum absolute atomic E-state index is 2.41. The number of hydrogen-bond acceptors (Lipinski definition) is 0. The Bertz CT molecular complexity index is 4370. The van der Waals surface area contributed by atoms with Crippen LogP contribution in [0.25, 0.3) is 133 Å². The maximum atomic E-state index is 2.41. The van der Waals surface area contributed by atoms with E-state index in [9.17, 15) is 0 Å². The van der Waals surface area contributed by atoms with E-state index in [0.717, 1.165) is 11.4 Å². The van der Waals surface area contributed by atoms with Crippen LogP contribution in [0.5, 0.6) is 0 Å². The molecule has 0 aliphatic carbocycles. The molecule has 2 aromatic heterocycles. The van der Waals surface area contributed by atoms with Gasteiger partial charge in [0, 0.05) is 32.9 Å². The number of fused-ring (bicyclic) bond motifs is 6. The molecule has 12 aromatic carbocycles. The van der Waals surface area contributed by atoms with Crippen LogP contribution in [0.3, 0.4) is 0 Å². The molecule has 0 radical (unpaired) electrons. The number of nitrogens with zero attached hydrogens (tertiary/aromatic N) is 2. The summed E-state index contributed by atoms with van der Waals surface area (Å²) in [6.45, 7) is 0. The molecular weight excluding hydrogens is 893 g/mol. The summed E-state index contributed by atoms with van der Waals surface area (Å²) in [7, 11) is 0. The van der Waals surface area contributed by atoms with Crippen LogP contribution in [0, 0.1) is 0 Å². The zero-order valence-electron chi connectivity index (χ0n) is 40.6.